The number of anilines is 1. The minimum Gasteiger partial charge on any atom is -0.436 e. The van der Waals surface area contributed by atoms with E-state index in [0.29, 0.717) is 16.6 Å². The van der Waals surface area contributed by atoms with Crippen LogP contribution in [0.15, 0.2) is 36.5 Å². The van der Waals surface area contributed by atoms with Gasteiger partial charge in [-0.15, -0.1) is 0 Å². The van der Waals surface area contributed by atoms with E-state index in [2.05, 4.69) is 27.6 Å². The van der Waals surface area contributed by atoms with Crippen LogP contribution in [0.4, 0.5) is 5.69 Å². The first-order chi connectivity index (χ1) is 7.66. The predicted octanol–water partition coefficient (Wildman–Crippen LogP) is 3.71. The molecule has 0 fully saturated rings. The molecule has 2 rings (SSSR count). The van der Waals surface area contributed by atoms with E-state index < -0.39 is 0 Å². The Morgan fingerprint density at radius 2 is 2.06 bits per heavy atom. The molecular weight excluding hydrogens is 338 g/mol. The third kappa shape index (κ3) is 2.56. The van der Waals surface area contributed by atoms with E-state index >= 15 is 0 Å². The summed E-state index contributed by atoms with van der Waals surface area (Å²) in [4.78, 5) is 4.03. The van der Waals surface area contributed by atoms with E-state index in [1.807, 2.05) is 24.3 Å². The number of pyridine rings is 1. The molecule has 1 aromatic carbocycles. The Bertz CT molecular complexity index is 519. The predicted molar refractivity (Wildman–Crippen MR) is 72.9 cm³/mol. The zero-order valence-electron chi connectivity index (χ0n) is 8.15. The summed E-state index contributed by atoms with van der Waals surface area (Å²) in [5.74, 6) is 1.10. The van der Waals surface area contributed by atoms with Gasteiger partial charge in [-0.05, 0) is 40.8 Å². The lowest BCUT2D eigenvalue weighted by atomic mass is 10.3. The number of hydrogen-bond donors (Lipinski definition) is 1. The topological polar surface area (TPSA) is 48.1 Å². The third-order valence-electron chi connectivity index (χ3n) is 1.89. The van der Waals surface area contributed by atoms with Crippen molar-refractivity contribution in [3.8, 4) is 11.6 Å². The Labute approximate surface area is 112 Å². The molecule has 1 heterocycles. The molecule has 5 heteroatoms. The Hall–Kier alpha value is -1.01. The SMILES string of the molecule is Nc1cc(Cl)cnc1Oc1ccccc1I. The van der Waals surface area contributed by atoms with E-state index in [4.69, 9.17) is 22.1 Å². The number of benzene rings is 1. The van der Waals surface area contributed by atoms with Crippen LogP contribution in [-0.2, 0) is 0 Å². The summed E-state index contributed by atoms with van der Waals surface area (Å²) in [6, 6.07) is 9.25. The molecule has 0 aliphatic rings. The van der Waals surface area contributed by atoms with Gasteiger partial charge < -0.3 is 10.5 Å². The van der Waals surface area contributed by atoms with Crippen LogP contribution in [0, 0.1) is 3.57 Å². The van der Waals surface area contributed by atoms with Gasteiger partial charge in [0.1, 0.15) is 5.75 Å². The van der Waals surface area contributed by atoms with Crippen molar-refractivity contribution < 1.29 is 4.74 Å². The molecule has 0 amide bonds. The van der Waals surface area contributed by atoms with Crippen LogP contribution < -0.4 is 10.5 Å². The maximum atomic E-state index is 5.75. The number of nitrogen functional groups attached to an aromatic ring is 1. The smallest absolute Gasteiger partial charge is 0.242 e. The van der Waals surface area contributed by atoms with Crippen molar-refractivity contribution in [2.45, 2.75) is 0 Å². The molecule has 0 saturated carbocycles. The van der Waals surface area contributed by atoms with Crippen LogP contribution in [0.3, 0.4) is 0 Å². The molecule has 1 aromatic heterocycles. The minimum atomic E-state index is 0.369. The fourth-order valence-corrected chi connectivity index (χ4v) is 1.82. The number of halogens is 2. The first kappa shape index (κ1) is 11.5. The monoisotopic (exact) mass is 346 g/mol. The lowest BCUT2D eigenvalue weighted by molar-refractivity contribution is 0.462. The standard InChI is InChI=1S/C11H8ClIN2O/c12-7-5-9(14)11(15-6-7)16-10-4-2-1-3-8(10)13/h1-6H,14H2. The van der Waals surface area contributed by atoms with Gasteiger partial charge in [0, 0.05) is 6.20 Å². The summed E-state index contributed by atoms with van der Waals surface area (Å²) < 4.78 is 6.59. The zero-order valence-corrected chi connectivity index (χ0v) is 11.1. The van der Waals surface area contributed by atoms with E-state index in [9.17, 15) is 0 Å². The summed E-state index contributed by atoms with van der Waals surface area (Å²) in [7, 11) is 0. The fraction of sp³-hybridized carbons (Fsp3) is 0. The molecule has 3 nitrogen and oxygen atoms in total. The van der Waals surface area contributed by atoms with Crippen molar-refractivity contribution in [2.24, 2.45) is 0 Å². The van der Waals surface area contributed by atoms with Crippen molar-refractivity contribution in [2.75, 3.05) is 5.73 Å². The average molecular weight is 347 g/mol. The number of nitrogens with zero attached hydrogens (tertiary/aromatic N) is 1. The number of para-hydroxylation sites is 1. The van der Waals surface area contributed by atoms with Gasteiger partial charge in [-0.1, -0.05) is 23.7 Å². The second-order valence-corrected chi connectivity index (χ2v) is 4.68. The number of nitrogens with two attached hydrogens (primary N) is 1. The Morgan fingerprint density at radius 3 is 2.75 bits per heavy atom. The molecule has 0 aliphatic carbocycles. The Kier molecular flexibility index (Phi) is 3.50. The van der Waals surface area contributed by atoms with Crippen molar-refractivity contribution in [1.82, 2.24) is 4.98 Å². The molecule has 0 radical (unpaired) electrons. The molecule has 2 aromatic rings. The Balaban J connectivity index is 2.31. The fourth-order valence-electron chi connectivity index (χ4n) is 1.16. The average Bonchev–Trinajstić information content (AvgIpc) is 2.25. The van der Waals surface area contributed by atoms with Crippen LogP contribution in [0.1, 0.15) is 0 Å². The molecule has 0 aliphatic heterocycles. The maximum absolute atomic E-state index is 5.75. The summed E-state index contributed by atoms with van der Waals surface area (Å²) in [6.45, 7) is 0. The molecule has 0 unspecified atom stereocenters. The van der Waals surface area contributed by atoms with Gasteiger partial charge in [-0.3, -0.25) is 0 Å². The summed E-state index contributed by atoms with van der Waals surface area (Å²) >= 11 is 7.94. The van der Waals surface area contributed by atoms with Gasteiger partial charge in [-0.25, -0.2) is 4.98 Å². The van der Waals surface area contributed by atoms with Crippen molar-refractivity contribution >= 4 is 39.9 Å². The highest BCUT2D eigenvalue weighted by molar-refractivity contribution is 14.1. The first-order valence-corrected chi connectivity index (χ1v) is 5.96. The molecule has 82 valence electrons. The number of ether oxygens (including phenoxy) is 1. The van der Waals surface area contributed by atoms with E-state index in [1.54, 1.807) is 6.07 Å². The lowest BCUT2D eigenvalue weighted by Crippen LogP contribution is -1.95. The van der Waals surface area contributed by atoms with Crippen LogP contribution >= 0.6 is 34.2 Å². The summed E-state index contributed by atoms with van der Waals surface area (Å²) in [5, 5.41) is 0.493. The highest BCUT2D eigenvalue weighted by atomic mass is 127. The van der Waals surface area contributed by atoms with Crippen LogP contribution in [0.5, 0.6) is 11.6 Å². The van der Waals surface area contributed by atoms with Gasteiger partial charge in [0.2, 0.25) is 5.88 Å². The van der Waals surface area contributed by atoms with Crippen LogP contribution in [-0.4, -0.2) is 4.98 Å². The van der Waals surface area contributed by atoms with Gasteiger partial charge >= 0.3 is 0 Å². The molecular formula is C11H8ClIN2O. The van der Waals surface area contributed by atoms with E-state index in [0.717, 1.165) is 9.32 Å². The molecule has 2 N–H and O–H groups in total. The molecule has 0 bridgehead atoms. The van der Waals surface area contributed by atoms with Gasteiger partial charge in [0.15, 0.2) is 0 Å². The van der Waals surface area contributed by atoms with Gasteiger partial charge in [-0.2, -0.15) is 0 Å². The number of hydrogen-bond acceptors (Lipinski definition) is 3. The highest BCUT2D eigenvalue weighted by Gasteiger charge is 2.06. The van der Waals surface area contributed by atoms with Crippen molar-refractivity contribution in [3.05, 3.63) is 45.1 Å². The lowest BCUT2D eigenvalue weighted by Gasteiger charge is -2.08. The van der Waals surface area contributed by atoms with Crippen molar-refractivity contribution in [3.63, 3.8) is 0 Å². The number of aromatic nitrogens is 1. The molecule has 0 saturated heterocycles. The summed E-state index contributed by atoms with van der Waals surface area (Å²) in [5.41, 5.74) is 6.17. The van der Waals surface area contributed by atoms with Crippen molar-refractivity contribution in [1.29, 1.82) is 0 Å². The summed E-state index contributed by atoms with van der Waals surface area (Å²) in [6.07, 6.45) is 1.50. The largest absolute Gasteiger partial charge is 0.436 e. The van der Waals surface area contributed by atoms with Crippen LogP contribution in [0.25, 0.3) is 0 Å². The quantitative estimate of drug-likeness (QED) is 0.843. The second-order valence-electron chi connectivity index (χ2n) is 3.08. The van der Waals surface area contributed by atoms with E-state index in [-0.39, 0.29) is 0 Å². The van der Waals surface area contributed by atoms with Gasteiger partial charge in [0.05, 0.1) is 14.3 Å². The normalized spacial score (nSPS) is 10.1. The maximum Gasteiger partial charge on any atom is 0.242 e. The first-order valence-electron chi connectivity index (χ1n) is 4.50. The molecule has 0 atom stereocenters. The number of rotatable bonds is 2. The van der Waals surface area contributed by atoms with Gasteiger partial charge in [0.25, 0.3) is 0 Å². The highest BCUT2D eigenvalue weighted by Crippen LogP contribution is 2.29. The molecule has 16 heavy (non-hydrogen) atoms. The van der Waals surface area contributed by atoms with E-state index in [1.165, 1.54) is 6.20 Å². The zero-order chi connectivity index (χ0) is 11.5. The molecule has 0 spiro atoms. The Morgan fingerprint density at radius 1 is 1.31 bits per heavy atom. The third-order valence-corrected chi connectivity index (χ3v) is 2.99. The van der Waals surface area contributed by atoms with Crippen LogP contribution in [0.2, 0.25) is 5.02 Å². The minimum absolute atomic E-state index is 0.369. The second kappa shape index (κ2) is 4.88.